The van der Waals surface area contributed by atoms with Gasteiger partial charge < -0.3 is 10.3 Å². The Morgan fingerprint density at radius 3 is 2.71 bits per heavy atom. The van der Waals surface area contributed by atoms with Crippen LogP contribution in [0.25, 0.3) is 11.3 Å². The smallest absolute Gasteiger partial charge is 0.189 e. The van der Waals surface area contributed by atoms with E-state index < -0.39 is 0 Å². The normalized spacial score (nSPS) is 10.4. The summed E-state index contributed by atoms with van der Waals surface area (Å²) in [6.45, 7) is 4.06. The monoisotopic (exact) mass is 188 g/mol. The molecule has 1 aromatic carbocycles. The highest BCUT2D eigenvalue weighted by molar-refractivity contribution is 5.72. The summed E-state index contributed by atoms with van der Waals surface area (Å²) in [5, 5.41) is 3.67. The van der Waals surface area contributed by atoms with Gasteiger partial charge in [0.25, 0.3) is 0 Å². The Balaban J connectivity index is 2.62. The first-order chi connectivity index (χ1) is 6.68. The Morgan fingerprint density at radius 1 is 1.29 bits per heavy atom. The van der Waals surface area contributed by atoms with Crippen LogP contribution in [-0.2, 0) is 0 Å². The number of aryl methyl sites for hydroxylation is 2. The maximum Gasteiger partial charge on any atom is 0.189 e. The average molecular weight is 188 g/mol. The molecule has 3 heteroatoms. The van der Waals surface area contributed by atoms with Gasteiger partial charge >= 0.3 is 0 Å². The van der Waals surface area contributed by atoms with Gasteiger partial charge in [-0.1, -0.05) is 22.9 Å². The van der Waals surface area contributed by atoms with Crippen molar-refractivity contribution in [3.8, 4) is 11.3 Å². The highest BCUT2D eigenvalue weighted by Gasteiger charge is 2.10. The van der Waals surface area contributed by atoms with E-state index in [2.05, 4.69) is 11.2 Å². The summed E-state index contributed by atoms with van der Waals surface area (Å²) >= 11 is 0. The number of benzene rings is 1. The van der Waals surface area contributed by atoms with Crippen LogP contribution in [0.4, 0.5) is 5.69 Å². The molecule has 0 bridgehead atoms. The summed E-state index contributed by atoms with van der Waals surface area (Å²) in [5.41, 5.74) is 9.65. The van der Waals surface area contributed by atoms with Gasteiger partial charge in [-0.05, 0) is 25.5 Å². The summed E-state index contributed by atoms with van der Waals surface area (Å²) in [7, 11) is 0. The Bertz CT molecular complexity index is 460. The molecule has 14 heavy (non-hydrogen) atoms. The molecule has 0 spiro atoms. The van der Waals surface area contributed by atoms with Crippen molar-refractivity contribution in [1.29, 1.82) is 0 Å². The first kappa shape index (κ1) is 8.81. The largest absolute Gasteiger partial charge is 0.394 e. The zero-order valence-corrected chi connectivity index (χ0v) is 8.24. The molecule has 1 heterocycles. The Labute approximate surface area is 82.5 Å². The minimum absolute atomic E-state index is 0.582. The number of hydrogen-bond donors (Lipinski definition) is 1. The maximum atomic E-state index is 5.74. The predicted octanol–water partition coefficient (Wildman–Crippen LogP) is 2.54. The van der Waals surface area contributed by atoms with Crippen molar-refractivity contribution in [3.05, 3.63) is 35.5 Å². The molecule has 0 aliphatic rings. The molecule has 0 aliphatic heterocycles. The van der Waals surface area contributed by atoms with Crippen LogP contribution < -0.4 is 5.73 Å². The maximum absolute atomic E-state index is 5.74. The van der Waals surface area contributed by atoms with Gasteiger partial charge in [0, 0.05) is 5.56 Å². The van der Waals surface area contributed by atoms with Gasteiger partial charge in [0.05, 0.1) is 6.20 Å². The zero-order valence-electron chi connectivity index (χ0n) is 8.24. The Hall–Kier alpha value is -1.77. The molecule has 0 fully saturated rings. The summed E-state index contributed by atoms with van der Waals surface area (Å²) in [6.07, 6.45) is 1.52. The number of rotatable bonds is 1. The van der Waals surface area contributed by atoms with E-state index in [0.29, 0.717) is 11.4 Å². The van der Waals surface area contributed by atoms with E-state index in [1.165, 1.54) is 11.8 Å². The van der Waals surface area contributed by atoms with Crippen LogP contribution in [0.15, 0.2) is 28.9 Å². The SMILES string of the molecule is Cc1ccc(C)c(-c2oncc2N)c1. The molecule has 0 saturated carbocycles. The molecule has 0 amide bonds. The third-order valence-electron chi connectivity index (χ3n) is 2.24. The van der Waals surface area contributed by atoms with Crippen molar-refractivity contribution in [2.24, 2.45) is 0 Å². The van der Waals surface area contributed by atoms with Crippen molar-refractivity contribution in [2.75, 3.05) is 5.73 Å². The summed E-state index contributed by atoms with van der Waals surface area (Å²) < 4.78 is 5.11. The molecule has 2 aromatic rings. The highest BCUT2D eigenvalue weighted by atomic mass is 16.5. The van der Waals surface area contributed by atoms with E-state index in [0.717, 1.165) is 11.1 Å². The van der Waals surface area contributed by atoms with Crippen LogP contribution in [0.2, 0.25) is 0 Å². The van der Waals surface area contributed by atoms with E-state index in [4.69, 9.17) is 10.3 Å². The standard InChI is InChI=1S/C11H12N2O/c1-7-3-4-8(2)9(5-7)11-10(12)6-13-14-11/h3-6H,12H2,1-2H3. The molecule has 2 rings (SSSR count). The quantitative estimate of drug-likeness (QED) is 0.748. The van der Waals surface area contributed by atoms with E-state index in [1.807, 2.05) is 26.0 Å². The van der Waals surface area contributed by atoms with Gasteiger partial charge in [-0.3, -0.25) is 0 Å². The van der Waals surface area contributed by atoms with Crippen LogP contribution in [0.1, 0.15) is 11.1 Å². The van der Waals surface area contributed by atoms with Gasteiger partial charge in [-0.2, -0.15) is 0 Å². The van der Waals surface area contributed by atoms with Crippen LogP contribution in [0, 0.1) is 13.8 Å². The van der Waals surface area contributed by atoms with Gasteiger partial charge in [0.15, 0.2) is 5.76 Å². The van der Waals surface area contributed by atoms with Crippen LogP contribution >= 0.6 is 0 Å². The lowest BCUT2D eigenvalue weighted by Gasteiger charge is -2.03. The number of nitrogens with two attached hydrogens (primary N) is 1. The fourth-order valence-electron chi connectivity index (χ4n) is 1.43. The van der Waals surface area contributed by atoms with Crippen molar-refractivity contribution >= 4 is 5.69 Å². The number of nitrogens with zero attached hydrogens (tertiary/aromatic N) is 1. The summed E-state index contributed by atoms with van der Waals surface area (Å²) in [6, 6.07) is 6.16. The van der Waals surface area contributed by atoms with Crippen molar-refractivity contribution in [1.82, 2.24) is 5.16 Å². The molecule has 72 valence electrons. The molecule has 1 aromatic heterocycles. The van der Waals surface area contributed by atoms with E-state index in [-0.39, 0.29) is 0 Å². The molecular formula is C11H12N2O. The van der Waals surface area contributed by atoms with Crippen LogP contribution in [-0.4, -0.2) is 5.16 Å². The first-order valence-corrected chi connectivity index (χ1v) is 4.46. The molecule has 0 aliphatic carbocycles. The Kier molecular flexibility index (Phi) is 2.00. The second-order valence-corrected chi connectivity index (χ2v) is 3.43. The molecule has 0 unspecified atom stereocenters. The third-order valence-corrected chi connectivity index (χ3v) is 2.24. The minimum atomic E-state index is 0.582. The summed E-state index contributed by atoms with van der Waals surface area (Å²) in [5.74, 6) is 0.659. The first-order valence-electron chi connectivity index (χ1n) is 4.46. The molecule has 2 N–H and O–H groups in total. The van der Waals surface area contributed by atoms with Crippen LogP contribution in [0.3, 0.4) is 0 Å². The second kappa shape index (κ2) is 3.18. The second-order valence-electron chi connectivity index (χ2n) is 3.43. The Morgan fingerprint density at radius 2 is 2.07 bits per heavy atom. The lowest BCUT2D eigenvalue weighted by molar-refractivity contribution is 0.432. The fraction of sp³-hybridized carbons (Fsp3) is 0.182. The molecule has 0 saturated heterocycles. The minimum Gasteiger partial charge on any atom is -0.394 e. The van der Waals surface area contributed by atoms with Gasteiger partial charge in [-0.15, -0.1) is 0 Å². The number of anilines is 1. The molecule has 0 radical (unpaired) electrons. The summed E-state index contributed by atoms with van der Waals surface area (Å²) in [4.78, 5) is 0. The van der Waals surface area contributed by atoms with Crippen molar-refractivity contribution < 1.29 is 4.52 Å². The lowest BCUT2D eigenvalue weighted by Crippen LogP contribution is -1.88. The highest BCUT2D eigenvalue weighted by Crippen LogP contribution is 2.28. The topological polar surface area (TPSA) is 52.0 Å². The number of hydrogen-bond acceptors (Lipinski definition) is 3. The lowest BCUT2D eigenvalue weighted by atomic mass is 10.0. The fourth-order valence-corrected chi connectivity index (χ4v) is 1.43. The van der Waals surface area contributed by atoms with Crippen molar-refractivity contribution in [3.63, 3.8) is 0 Å². The van der Waals surface area contributed by atoms with Gasteiger partial charge in [-0.25, -0.2) is 0 Å². The van der Waals surface area contributed by atoms with Crippen molar-refractivity contribution in [2.45, 2.75) is 13.8 Å². The van der Waals surface area contributed by atoms with E-state index >= 15 is 0 Å². The number of aromatic nitrogens is 1. The van der Waals surface area contributed by atoms with E-state index in [1.54, 1.807) is 0 Å². The van der Waals surface area contributed by atoms with Gasteiger partial charge in [0.1, 0.15) is 5.69 Å². The molecule has 0 atom stereocenters. The average Bonchev–Trinajstić information content (AvgIpc) is 2.56. The zero-order chi connectivity index (χ0) is 10.1. The number of nitrogen functional groups attached to an aromatic ring is 1. The van der Waals surface area contributed by atoms with Gasteiger partial charge in [0.2, 0.25) is 0 Å². The predicted molar refractivity (Wildman–Crippen MR) is 55.8 cm³/mol. The van der Waals surface area contributed by atoms with E-state index in [9.17, 15) is 0 Å². The third kappa shape index (κ3) is 1.37. The molecule has 3 nitrogen and oxygen atoms in total. The van der Waals surface area contributed by atoms with Crippen LogP contribution in [0.5, 0.6) is 0 Å². The molecular weight excluding hydrogens is 176 g/mol.